The molecule has 0 bridgehead atoms. The number of furan rings is 1. The predicted octanol–water partition coefficient (Wildman–Crippen LogP) is 2.34. The molecule has 3 heteroatoms. The third kappa shape index (κ3) is 2.66. The van der Waals surface area contributed by atoms with Crippen molar-refractivity contribution in [2.45, 2.75) is 32.2 Å². The van der Waals surface area contributed by atoms with E-state index in [-0.39, 0.29) is 6.04 Å². The van der Waals surface area contributed by atoms with Crippen LogP contribution in [0.5, 0.6) is 0 Å². The highest BCUT2D eigenvalue weighted by Crippen LogP contribution is 2.31. The molecule has 0 radical (unpaired) electrons. The van der Waals surface area contributed by atoms with Gasteiger partial charge in [0, 0.05) is 6.61 Å². The molecule has 1 aliphatic rings. The lowest BCUT2D eigenvalue weighted by atomic mass is 9.96. The first-order valence-corrected chi connectivity index (χ1v) is 6.19. The van der Waals surface area contributed by atoms with E-state index in [4.69, 9.17) is 4.42 Å². The largest absolute Gasteiger partial charge is 0.468 e. The van der Waals surface area contributed by atoms with Crippen LogP contribution >= 0.6 is 0 Å². The van der Waals surface area contributed by atoms with Gasteiger partial charge in [0.05, 0.1) is 12.3 Å². The Balaban J connectivity index is 1.78. The summed E-state index contributed by atoms with van der Waals surface area (Å²) in [5.41, 5.74) is 0. The van der Waals surface area contributed by atoms with Gasteiger partial charge in [0.2, 0.25) is 0 Å². The summed E-state index contributed by atoms with van der Waals surface area (Å²) in [5, 5.41) is 12.7. The topological polar surface area (TPSA) is 45.4 Å². The Labute approximate surface area is 96.8 Å². The van der Waals surface area contributed by atoms with Gasteiger partial charge in [-0.3, -0.25) is 0 Å². The van der Waals surface area contributed by atoms with Crippen molar-refractivity contribution in [1.29, 1.82) is 0 Å². The Morgan fingerprint density at radius 3 is 3.00 bits per heavy atom. The fourth-order valence-electron chi connectivity index (χ4n) is 2.59. The molecular formula is C13H21NO2. The SMILES string of the molecule is CC(NCC1CCCC1CO)c1ccco1. The highest BCUT2D eigenvalue weighted by atomic mass is 16.3. The zero-order valence-electron chi connectivity index (χ0n) is 9.86. The molecule has 3 nitrogen and oxygen atoms in total. The Morgan fingerprint density at radius 2 is 2.31 bits per heavy atom. The Kier molecular flexibility index (Phi) is 4.02. The average molecular weight is 223 g/mol. The summed E-state index contributed by atoms with van der Waals surface area (Å²) in [6, 6.07) is 4.17. The second-order valence-corrected chi connectivity index (χ2v) is 4.78. The number of hydrogen-bond donors (Lipinski definition) is 2. The first-order valence-electron chi connectivity index (χ1n) is 6.19. The molecular weight excluding hydrogens is 202 g/mol. The average Bonchev–Trinajstić information content (AvgIpc) is 2.96. The van der Waals surface area contributed by atoms with Gasteiger partial charge in [-0.25, -0.2) is 0 Å². The fraction of sp³-hybridized carbons (Fsp3) is 0.692. The van der Waals surface area contributed by atoms with Crippen LogP contribution in [0.1, 0.15) is 38.0 Å². The lowest BCUT2D eigenvalue weighted by molar-refractivity contribution is 0.190. The van der Waals surface area contributed by atoms with E-state index in [0.717, 1.165) is 12.3 Å². The van der Waals surface area contributed by atoms with Gasteiger partial charge >= 0.3 is 0 Å². The van der Waals surface area contributed by atoms with E-state index >= 15 is 0 Å². The number of rotatable bonds is 5. The van der Waals surface area contributed by atoms with Gasteiger partial charge in [-0.2, -0.15) is 0 Å². The quantitative estimate of drug-likeness (QED) is 0.805. The zero-order valence-corrected chi connectivity index (χ0v) is 9.86. The molecule has 1 aliphatic carbocycles. The van der Waals surface area contributed by atoms with Crippen molar-refractivity contribution < 1.29 is 9.52 Å². The summed E-state index contributed by atoms with van der Waals surface area (Å²) < 4.78 is 5.35. The van der Waals surface area contributed by atoms with Gasteiger partial charge in [-0.15, -0.1) is 0 Å². The zero-order chi connectivity index (χ0) is 11.4. The molecule has 2 N–H and O–H groups in total. The van der Waals surface area contributed by atoms with E-state index in [9.17, 15) is 5.11 Å². The van der Waals surface area contributed by atoms with Crippen LogP contribution in [0.2, 0.25) is 0 Å². The van der Waals surface area contributed by atoms with Crippen LogP contribution in [0, 0.1) is 11.8 Å². The standard InChI is InChI=1S/C13H21NO2/c1-10(13-6-3-7-16-13)14-8-11-4-2-5-12(11)9-15/h3,6-7,10-12,14-15H,2,4-5,8-9H2,1H3. The van der Waals surface area contributed by atoms with Crippen molar-refractivity contribution in [2.24, 2.45) is 11.8 Å². The lowest BCUT2D eigenvalue weighted by Crippen LogP contribution is -2.28. The Bertz CT molecular complexity index is 297. The summed E-state index contributed by atoms with van der Waals surface area (Å²) in [6.07, 6.45) is 5.38. The van der Waals surface area contributed by atoms with Gasteiger partial charge in [-0.1, -0.05) is 6.42 Å². The summed E-state index contributed by atoms with van der Waals surface area (Å²) in [4.78, 5) is 0. The number of hydrogen-bond acceptors (Lipinski definition) is 3. The van der Waals surface area contributed by atoms with Crippen LogP contribution in [-0.4, -0.2) is 18.3 Å². The molecule has 16 heavy (non-hydrogen) atoms. The van der Waals surface area contributed by atoms with Crippen molar-refractivity contribution in [3.05, 3.63) is 24.2 Å². The number of nitrogens with one attached hydrogen (secondary N) is 1. The van der Waals surface area contributed by atoms with E-state index in [1.807, 2.05) is 12.1 Å². The molecule has 1 saturated carbocycles. The van der Waals surface area contributed by atoms with Gasteiger partial charge in [0.15, 0.2) is 0 Å². The van der Waals surface area contributed by atoms with E-state index in [0.29, 0.717) is 18.4 Å². The maximum Gasteiger partial charge on any atom is 0.120 e. The molecule has 1 fully saturated rings. The Hall–Kier alpha value is -0.800. The monoisotopic (exact) mass is 223 g/mol. The highest BCUT2D eigenvalue weighted by Gasteiger charge is 2.26. The van der Waals surface area contributed by atoms with Crippen LogP contribution in [0.15, 0.2) is 22.8 Å². The van der Waals surface area contributed by atoms with E-state index in [1.165, 1.54) is 19.3 Å². The summed E-state index contributed by atoms with van der Waals surface area (Å²) in [6.45, 7) is 3.43. The van der Waals surface area contributed by atoms with Crippen molar-refractivity contribution >= 4 is 0 Å². The molecule has 1 aromatic rings. The minimum Gasteiger partial charge on any atom is -0.468 e. The lowest BCUT2D eigenvalue weighted by Gasteiger charge is -2.20. The van der Waals surface area contributed by atoms with E-state index < -0.39 is 0 Å². The summed E-state index contributed by atoms with van der Waals surface area (Å²) in [5.74, 6) is 2.11. The van der Waals surface area contributed by atoms with Crippen LogP contribution in [0.4, 0.5) is 0 Å². The highest BCUT2D eigenvalue weighted by molar-refractivity contribution is 5.03. The van der Waals surface area contributed by atoms with Crippen LogP contribution in [0.25, 0.3) is 0 Å². The first-order chi connectivity index (χ1) is 7.81. The molecule has 0 amide bonds. The Morgan fingerprint density at radius 1 is 1.50 bits per heavy atom. The predicted molar refractivity (Wildman–Crippen MR) is 63.0 cm³/mol. The van der Waals surface area contributed by atoms with Gasteiger partial charge < -0.3 is 14.8 Å². The molecule has 3 atom stereocenters. The minimum absolute atomic E-state index is 0.259. The third-order valence-electron chi connectivity index (χ3n) is 3.71. The molecule has 2 rings (SSSR count). The molecule has 1 aromatic heterocycles. The minimum atomic E-state index is 0.259. The van der Waals surface area contributed by atoms with Crippen molar-refractivity contribution in [2.75, 3.05) is 13.2 Å². The van der Waals surface area contributed by atoms with Crippen LogP contribution in [0.3, 0.4) is 0 Å². The molecule has 1 heterocycles. The van der Waals surface area contributed by atoms with Crippen molar-refractivity contribution in [3.63, 3.8) is 0 Å². The molecule has 90 valence electrons. The first kappa shape index (κ1) is 11.7. The number of aliphatic hydroxyl groups is 1. The maximum absolute atomic E-state index is 9.24. The number of aliphatic hydroxyl groups excluding tert-OH is 1. The molecule has 0 aromatic carbocycles. The normalized spacial score (nSPS) is 27.1. The summed E-state index contributed by atoms with van der Waals surface area (Å²) in [7, 11) is 0. The molecule has 0 aliphatic heterocycles. The maximum atomic E-state index is 9.24. The van der Waals surface area contributed by atoms with Gasteiger partial charge in [0.25, 0.3) is 0 Å². The van der Waals surface area contributed by atoms with Crippen LogP contribution in [-0.2, 0) is 0 Å². The van der Waals surface area contributed by atoms with Crippen molar-refractivity contribution in [1.82, 2.24) is 5.32 Å². The van der Waals surface area contributed by atoms with Gasteiger partial charge in [0.1, 0.15) is 5.76 Å². The third-order valence-corrected chi connectivity index (χ3v) is 3.71. The smallest absolute Gasteiger partial charge is 0.120 e. The van der Waals surface area contributed by atoms with Crippen LogP contribution < -0.4 is 5.32 Å². The van der Waals surface area contributed by atoms with E-state index in [2.05, 4.69) is 12.2 Å². The second kappa shape index (κ2) is 5.51. The summed E-state index contributed by atoms with van der Waals surface area (Å²) >= 11 is 0. The van der Waals surface area contributed by atoms with E-state index in [1.54, 1.807) is 6.26 Å². The van der Waals surface area contributed by atoms with Gasteiger partial charge in [-0.05, 0) is 50.3 Å². The fourth-order valence-corrected chi connectivity index (χ4v) is 2.59. The molecule has 0 spiro atoms. The second-order valence-electron chi connectivity index (χ2n) is 4.78. The van der Waals surface area contributed by atoms with Crippen molar-refractivity contribution in [3.8, 4) is 0 Å². The molecule has 0 saturated heterocycles. The molecule has 3 unspecified atom stereocenters.